The predicted octanol–water partition coefficient (Wildman–Crippen LogP) is 6.66. The first-order valence-electron chi connectivity index (χ1n) is 14.2. The maximum atomic E-state index is 14.4. The lowest BCUT2D eigenvalue weighted by Crippen LogP contribution is -2.54. The number of amides is 2. The zero-order chi connectivity index (χ0) is 31.9. The molecule has 2 amide bonds. The molecule has 0 aromatic heterocycles. The summed E-state index contributed by atoms with van der Waals surface area (Å²) in [6.07, 6.45) is 0.211. The quantitative estimate of drug-likeness (QED) is 0.186. The Morgan fingerprint density at radius 1 is 0.818 bits per heavy atom. The van der Waals surface area contributed by atoms with E-state index in [1.807, 2.05) is 51.1 Å². The van der Waals surface area contributed by atoms with Gasteiger partial charge in [-0.3, -0.25) is 13.9 Å². The lowest BCUT2D eigenvalue weighted by molar-refractivity contribution is -0.140. The van der Waals surface area contributed by atoms with Gasteiger partial charge in [-0.25, -0.2) is 8.42 Å². The predicted molar refractivity (Wildman–Crippen MR) is 176 cm³/mol. The second kappa shape index (κ2) is 14.8. The van der Waals surface area contributed by atoms with Crippen LogP contribution in [-0.2, 0) is 32.6 Å². The number of benzene rings is 4. The minimum Gasteiger partial charge on any atom is -0.352 e. The lowest BCUT2D eigenvalue weighted by atomic mass is 10.0. The van der Waals surface area contributed by atoms with Crippen molar-refractivity contribution in [3.05, 3.63) is 130 Å². The molecule has 230 valence electrons. The van der Waals surface area contributed by atoms with Gasteiger partial charge in [-0.15, -0.1) is 0 Å². The van der Waals surface area contributed by atoms with E-state index in [1.165, 1.54) is 17.0 Å². The van der Waals surface area contributed by atoms with E-state index >= 15 is 0 Å². The summed E-state index contributed by atoms with van der Waals surface area (Å²) in [5, 5.41) is 3.57. The zero-order valence-electron chi connectivity index (χ0n) is 24.8. The molecular weight excluding hydrogens is 617 g/mol. The van der Waals surface area contributed by atoms with Gasteiger partial charge in [-0.2, -0.15) is 0 Å². The van der Waals surface area contributed by atoms with Crippen LogP contribution in [0, 0.1) is 6.92 Å². The van der Waals surface area contributed by atoms with Gasteiger partial charge in [0, 0.05) is 24.0 Å². The average Bonchev–Trinajstić information content (AvgIpc) is 2.98. The number of para-hydroxylation sites is 1. The van der Waals surface area contributed by atoms with E-state index in [0.717, 1.165) is 15.4 Å². The topological polar surface area (TPSA) is 86.8 Å². The van der Waals surface area contributed by atoms with Gasteiger partial charge >= 0.3 is 0 Å². The summed E-state index contributed by atoms with van der Waals surface area (Å²) in [6.45, 7) is 4.96. The smallest absolute Gasteiger partial charge is 0.264 e. The summed E-state index contributed by atoms with van der Waals surface area (Å²) in [5.41, 5.74) is 2.57. The second-order valence-corrected chi connectivity index (χ2v) is 13.5. The number of halogens is 2. The molecule has 0 fully saturated rings. The molecule has 10 heteroatoms. The second-order valence-electron chi connectivity index (χ2n) is 10.8. The number of nitrogens with one attached hydrogen (secondary N) is 1. The number of aryl methyl sites for hydroxylation is 1. The Hall–Kier alpha value is -3.85. The third kappa shape index (κ3) is 8.40. The van der Waals surface area contributed by atoms with Gasteiger partial charge < -0.3 is 10.2 Å². The molecule has 4 rings (SSSR count). The van der Waals surface area contributed by atoms with Gasteiger partial charge in [0.15, 0.2) is 0 Å². The maximum absolute atomic E-state index is 14.4. The van der Waals surface area contributed by atoms with Crippen LogP contribution in [-0.4, -0.2) is 43.8 Å². The SMILES string of the molecule is Cc1ccc(S(=O)(=O)N(CC(=O)N(Cc2cccc(Cl)c2)[C@@H](Cc2ccccc2)C(=O)NC(C)C)c2ccccc2Cl)cc1. The number of hydrogen-bond donors (Lipinski definition) is 1. The van der Waals surface area contributed by atoms with Crippen molar-refractivity contribution in [1.82, 2.24) is 10.2 Å². The van der Waals surface area contributed by atoms with Gasteiger partial charge in [-0.05, 0) is 68.3 Å². The Balaban J connectivity index is 1.82. The van der Waals surface area contributed by atoms with Crippen molar-refractivity contribution < 1.29 is 18.0 Å². The molecule has 0 aliphatic heterocycles. The molecule has 0 heterocycles. The van der Waals surface area contributed by atoms with Gasteiger partial charge in [0.2, 0.25) is 11.8 Å². The zero-order valence-corrected chi connectivity index (χ0v) is 27.1. The fraction of sp³-hybridized carbons (Fsp3) is 0.235. The standard InChI is InChI=1S/C34H35Cl2N3O4S/c1-24(2)37-34(41)32(21-26-10-5-4-6-11-26)38(22-27-12-9-13-28(35)20-27)33(40)23-39(31-15-8-7-14-30(31)36)44(42,43)29-18-16-25(3)17-19-29/h4-20,24,32H,21-23H2,1-3H3,(H,37,41)/t32-/m0/s1. The number of anilines is 1. The Kier molecular flexibility index (Phi) is 11.1. The molecule has 7 nitrogen and oxygen atoms in total. The fourth-order valence-corrected chi connectivity index (χ4v) is 6.71. The van der Waals surface area contributed by atoms with Crippen molar-refractivity contribution >= 4 is 50.7 Å². The minimum absolute atomic E-state index is 0.00981. The largest absolute Gasteiger partial charge is 0.352 e. The molecule has 44 heavy (non-hydrogen) atoms. The molecule has 0 spiro atoms. The summed E-state index contributed by atoms with van der Waals surface area (Å²) < 4.78 is 29.2. The van der Waals surface area contributed by atoms with Gasteiger partial charge in [0.25, 0.3) is 10.0 Å². The van der Waals surface area contributed by atoms with Crippen molar-refractivity contribution in [1.29, 1.82) is 0 Å². The van der Waals surface area contributed by atoms with E-state index in [9.17, 15) is 18.0 Å². The van der Waals surface area contributed by atoms with Crippen molar-refractivity contribution in [2.24, 2.45) is 0 Å². The summed E-state index contributed by atoms with van der Waals surface area (Å²) in [7, 11) is -4.25. The molecule has 0 saturated heterocycles. The number of sulfonamides is 1. The third-order valence-electron chi connectivity index (χ3n) is 6.95. The maximum Gasteiger partial charge on any atom is 0.264 e. The molecule has 4 aromatic rings. The van der Waals surface area contributed by atoms with Gasteiger partial charge in [0.1, 0.15) is 12.6 Å². The molecule has 1 N–H and O–H groups in total. The van der Waals surface area contributed by atoms with E-state index < -0.39 is 28.5 Å². The first-order chi connectivity index (χ1) is 21.0. The monoisotopic (exact) mass is 651 g/mol. The van der Waals surface area contributed by atoms with Crippen molar-refractivity contribution in [3.8, 4) is 0 Å². The number of hydrogen-bond acceptors (Lipinski definition) is 4. The number of nitrogens with zero attached hydrogens (tertiary/aromatic N) is 2. The molecule has 0 bridgehead atoms. The van der Waals surface area contributed by atoms with Crippen LogP contribution in [0.15, 0.2) is 108 Å². The van der Waals surface area contributed by atoms with Crippen LogP contribution in [0.2, 0.25) is 10.0 Å². The van der Waals surface area contributed by atoms with Crippen LogP contribution in [0.5, 0.6) is 0 Å². The van der Waals surface area contributed by atoms with Crippen LogP contribution in [0.3, 0.4) is 0 Å². The number of carbonyl (C=O) groups excluding carboxylic acids is 2. The number of carbonyl (C=O) groups is 2. The lowest BCUT2D eigenvalue weighted by Gasteiger charge is -2.34. The molecule has 0 radical (unpaired) electrons. The molecule has 1 atom stereocenters. The molecule has 0 aliphatic rings. The Bertz CT molecular complexity index is 1700. The van der Waals surface area contributed by atoms with Crippen molar-refractivity contribution in [2.75, 3.05) is 10.8 Å². The Morgan fingerprint density at radius 2 is 1.45 bits per heavy atom. The normalized spacial score (nSPS) is 12.0. The summed E-state index contributed by atoms with van der Waals surface area (Å²) >= 11 is 12.8. The molecule has 0 saturated carbocycles. The van der Waals surface area contributed by atoms with Crippen molar-refractivity contribution in [2.45, 2.75) is 50.7 Å². The van der Waals surface area contributed by atoms with E-state index in [4.69, 9.17) is 23.2 Å². The first kappa shape index (κ1) is 33.1. The van der Waals surface area contributed by atoms with Crippen LogP contribution in [0.4, 0.5) is 5.69 Å². The van der Waals surface area contributed by atoms with Crippen molar-refractivity contribution in [3.63, 3.8) is 0 Å². The minimum atomic E-state index is -4.25. The summed E-state index contributed by atoms with van der Waals surface area (Å²) in [5.74, 6) is -0.940. The highest BCUT2D eigenvalue weighted by molar-refractivity contribution is 7.92. The fourth-order valence-electron chi connectivity index (χ4n) is 4.77. The molecular formula is C34H35Cl2N3O4S. The van der Waals surface area contributed by atoms with Gasteiger partial charge in [0.05, 0.1) is 15.6 Å². The first-order valence-corrected chi connectivity index (χ1v) is 16.4. The molecule has 0 aliphatic carbocycles. The van der Waals surface area contributed by atoms with Gasteiger partial charge in [-0.1, -0.05) is 95.5 Å². The highest BCUT2D eigenvalue weighted by atomic mass is 35.5. The van der Waals surface area contributed by atoms with Crippen LogP contribution in [0.25, 0.3) is 0 Å². The van der Waals surface area contributed by atoms with E-state index in [0.29, 0.717) is 10.6 Å². The van der Waals surface area contributed by atoms with E-state index in [-0.39, 0.29) is 40.5 Å². The van der Waals surface area contributed by atoms with Crippen LogP contribution in [0.1, 0.15) is 30.5 Å². The highest BCUT2D eigenvalue weighted by Crippen LogP contribution is 2.31. The Labute approximate surface area is 269 Å². The third-order valence-corrected chi connectivity index (χ3v) is 9.28. The summed E-state index contributed by atoms with van der Waals surface area (Å²) in [6, 6.07) is 28.1. The number of rotatable bonds is 12. The molecule has 0 unspecified atom stereocenters. The highest BCUT2D eigenvalue weighted by Gasteiger charge is 2.35. The molecule has 4 aromatic carbocycles. The van der Waals surface area contributed by atoms with Crippen LogP contribution >= 0.6 is 23.2 Å². The average molecular weight is 653 g/mol. The Morgan fingerprint density at radius 3 is 2.09 bits per heavy atom. The summed E-state index contributed by atoms with van der Waals surface area (Å²) in [4.78, 5) is 29.6. The van der Waals surface area contributed by atoms with Crippen LogP contribution < -0.4 is 9.62 Å². The van der Waals surface area contributed by atoms with E-state index in [2.05, 4.69) is 5.32 Å². The van der Waals surface area contributed by atoms with E-state index in [1.54, 1.807) is 60.7 Å².